The van der Waals surface area contributed by atoms with Crippen molar-refractivity contribution in [1.29, 1.82) is 0 Å². The zero-order valence-electron chi connectivity index (χ0n) is 10.5. The number of hydrogen-bond acceptors (Lipinski definition) is 2. The SMILES string of the molecule is Cc1cc(CN(C)CC(C)(C)N)ccc1F. The molecule has 0 aromatic heterocycles. The average molecular weight is 224 g/mol. The Morgan fingerprint density at radius 1 is 1.38 bits per heavy atom. The molecule has 0 fully saturated rings. The Morgan fingerprint density at radius 3 is 2.50 bits per heavy atom. The number of halogens is 1. The first-order valence-corrected chi connectivity index (χ1v) is 5.50. The molecule has 2 nitrogen and oxygen atoms in total. The van der Waals surface area contributed by atoms with Gasteiger partial charge in [-0.3, -0.25) is 0 Å². The standard InChI is InChI=1S/C13H21FN2/c1-10-7-11(5-6-12(10)14)8-16(4)9-13(2,3)15/h5-7H,8-9,15H2,1-4H3. The maximum atomic E-state index is 13.1. The second kappa shape index (κ2) is 4.93. The molecule has 0 bridgehead atoms. The highest BCUT2D eigenvalue weighted by Crippen LogP contribution is 2.11. The van der Waals surface area contributed by atoms with Crippen molar-refractivity contribution in [3.05, 3.63) is 35.1 Å². The lowest BCUT2D eigenvalue weighted by Gasteiger charge is -2.26. The Labute approximate surface area is 97.3 Å². The molecule has 16 heavy (non-hydrogen) atoms. The van der Waals surface area contributed by atoms with E-state index in [0.717, 1.165) is 18.7 Å². The van der Waals surface area contributed by atoms with E-state index >= 15 is 0 Å². The molecule has 0 heterocycles. The summed E-state index contributed by atoms with van der Waals surface area (Å²) in [4.78, 5) is 2.15. The molecular weight excluding hydrogens is 203 g/mol. The van der Waals surface area contributed by atoms with Crippen LogP contribution in [0.1, 0.15) is 25.0 Å². The van der Waals surface area contributed by atoms with Gasteiger partial charge < -0.3 is 10.6 Å². The predicted molar refractivity (Wildman–Crippen MR) is 65.7 cm³/mol. The number of hydrogen-bond donors (Lipinski definition) is 1. The Balaban J connectivity index is 2.63. The van der Waals surface area contributed by atoms with Crippen molar-refractivity contribution in [2.24, 2.45) is 5.73 Å². The van der Waals surface area contributed by atoms with E-state index in [-0.39, 0.29) is 11.4 Å². The van der Waals surface area contributed by atoms with Gasteiger partial charge >= 0.3 is 0 Å². The molecule has 0 aliphatic heterocycles. The fourth-order valence-corrected chi connectivity index (χ4v) is 1.87. The van der Waals surface area contributed by atoms with Gasteiger partial charge in [-0.2, -0.15) is 0 Å². The van der Waals surface area contributed by atoms with Crippen LogP contribution in [0.15, 0.2) is 18.2 Å². The second-order valence-corrected chi connectivity index (χ2v) is 5.24. The lowest BCUT2D eigenvalue weighted by molar-refractivity contribution is 0.263. The number of rotatable bonds is 4. The third-order valence-corrected chi connectivity index (χ3v) is 2.35. The first-order valence-electron chi connectivity index (χ1n) is 5.50. The number of benzene rings is 1. The van der Waals surface area contributed by atoms with E-state index < -0.39 is 0 Å². The molecule has 1 aromatic rings. The van der Waals surface area contributed by atoms with Crippen molar-refractivity contribution in [2.75, 3.05) is 13.6 Å². The Kier molecular flexibility index (Phi) is 4.05. The summed E-state index contributed by atoms with van der Waals surface area (Å²) in [6.07, 6.45) is 0. The molecule has 0 amide bonds. The highest BCUT2D eigenvalue weighted by atomic mass is 19.1. The molecule has 3 heteroatoms. The van der Waals surface area contributed by atoms with Crippen LogP contribution >= 0.6 is 0 Å². The summed E-state index contributed by atoms with van der Waals surface area (Å²) in [6.45, 7) is 7.38. The quantitative estimate of drug-likeness (QED) is 0.850. The normalized spacial score (nSPS) is 12.2. The molecule has 1 rings (SSSR count). The lowest BCUT2D eigenvalue weighted by Crippen LogP contribution is -2.43. The van der Waals surface area contributed by atoms with Crippen molar-refractivity contribution < 1.29 is 4.39 Å². The van der Waals surface area contributed by atoms with Crippen molar-refractivity contribution in [3.8, 4) is 0 Å². The smallest absolute Gasteiger partial charge is 0.126 e. The number of aryl methyl sites for hydroxylation is 1. The topological polar surface area (TPSA) is 29.3 Å². The van der Waals surface area contributed by atoms with Crippen molar-refractivity contribution in [3.63, 3.8) is 0 Å². The van der Waals surface area contributed by atoms with Gasteiger partial charge in [0.25, 0.3) is 0 Å². The number of nitrogens with zero attached hydrogens (tertiary/aromatic N) is 1. The van der Waals surface area contributed by atoms with Gasteiger partial charge in [0.15, 0.2) is 0 Å². The van der Waals surface area contributed by atoms with Gasteiger partial charge in [0.1, 0.15) is 5.82 Å². The number of likely N-dealkylation sites (N-methyl/N-ethyl adjacent to an activating group) is 1. The maximum Gasteiger partial charge on any atom is 0.126 e. The van der Waals surface area contributed by atoms with Crippen molar-refractivity contribution in [1.82, 2.24) is 4.90 Å². The van der Waals surface area contributed by atoms with E-state index in [4.69, 9.17) is 5.73 Å². The van der Waals surface area contributed by atoms with Crippen LogP contribution in [0.5, 0.6) is 0 Å². The molecule has 0 unspecified atom stereocenters. The third-order valence-electron chi connectivity index (χ3n) is 2.35. The Hall–Kier alpha value is -0.930. The first-order chi connectivity index (χ1) is 7.28. The molecule has 1 aromatic carbocycles. The van der Waals surface area contributed by atoms with E-state index in [9.17, 15) is 4.39 Å². The van der Waals surface area contributed by atoms with Crippen LogP contribution in [0.4, 0.5) is 4.39 Å². The van der Waals surface area contributed by atoms with Gasteiger partial charge in [0.05, 0.1) is 0 Å². The van der Waals surface area contributed by atoms with Crippen LogP contribution in [0.25, 0.3) is 0 Å². The fraction of sp³-hybridized carbons (Fsp3) is 0.538. The van der Waals surface area contributed by atoms with Crippen LogP contribution in [-0.2, 0) is 6.54 Å². The Morgan fingerprint density at radius 2 is 2.00 bits per heavy atom. The molecule has 2 N–H and O–H groups in total. The first kappa shape index (κ1) is 13.1. The highest BCUT2D eigenvalue weighted by molar-refractivity contribution is 5.23. The van der Waals surface area contributed by atoms with Gasteiger partial charge in [0.2, 0.25) is 0 Å². The molecule has 0 radical (unpaired) electrons. The van der Waals surface area contributed by atoms with E-state index in [1.165, 1.54) is 6.07 Å². The summed E-state index contributed by atoms with van der Waals surface area (Å²) >= 11 is 0. The average Bonchev–Trinajstić information content (AvgIpc) is 2.08. The largest absolute Gasteiger partial charge is 0.324 e. The van der Waals surface area contributed by atoms with Crippen LogP contribution < -0.4 is 5.73 Å². The van der Waals surface area contributed by atoms with Gasteiger partial charge in [-0.25, -0.2) is 4.39 Å². The lowest BCUT2D eigenvalue weighted by atomic mass is 10.1. The van der Waals surface area contributed by atoms with E-state index in [1.807, 2.05) is 33.0 Å². The second-order valence-electron chi connectivity index (χ2n) is 5.24. The molecule has 0 spiro atoms. The monoisotopic (exact) mass is 224 g/mol. The third kappa shape index (κ3) is 4.29. The maximum absolute atomic E-state index is 13.1. The Bertz CT molecular complexity index is 355. The van der Waals surface area contributed by atoms with E-state index in [1.54, 1.807) is 6.92 Å². The summed E-state index contributed by atoms with van der Waals surface area (Å²) in [5.41, 5.74) is 7.55. The molecule has 0 saturated carbocycles. The summed E-state index contributed by atoms with van der Waals surface area (Å²) in [5.74, 6) is -0.148. The predicted octanol–water partition coefficient (Wildman–Crippen LogP) is 2.30. The van der Waals surface area contributed by atoms with Gasteiger partial charge in [0, 0.05) is 18.6 Å². The number of nitrogens with two attached hydrogens (primary N) is 1. The van der Waals surface area contributed by atoms with Crippen LogP contribution in [0.3, 0.4) is 0 Å². The summed E-state index contributed by atoms with van der Waals surface area (Å²) in [6, 6.07) is 5.23. The summed E-state index contributed by atoms with van der Waals surface area (Å²) in [5, 5.41) is 0. The molecule has 0 atom stereocenters. The van der Waals surface area contributed by atoms with Gasteiger partial charge in [-0.05, 0) is 45.0 Å². The molecule has 0 saturated heterocycles. The van der Waals surface area contributed by atoms with Crippen LogP contribution in [0.2, 0.25) is 0 Å². The van der Waals surface area contributed by atoms with Gasteiger partial charge in [-0.1, -0.05) is 12.1 Å². The fourth-order valence-electron chi connectivity index (χ4n) is 1.87. The molecule has 0 aliphatic rings. The molecular formula is C13H21FN2. The van der Waals surface area contributed by atoms with Crippen molar-refractivity contribution in [2.45, 2.75) is 32.9 Å². The molecule has 90 valence electrons. The van der Waals surface area contributed by atoms with Crippen molar-refractivity contribution >= 4 is 0 Å². The van der Waals surface area contributed by atoms with Crippen LogP contribution in [0, 0.1) is 12.7 Å². The highest BCUT2D eigenvalue weighted by Gasteiger charge is 2.14. The summed E-state index contributed by atoms with van der Waals surface area (Å²) in [7, 11) is 2.02. The van der Waals surface area contributed by atoms with E-state index in [0.29, 0.717) is 5.56 Å². The zero-order chi connectivity index (χ0) is 12.3. The zero-order valence-corrected chi connectivity index (χ0v) is 10.5. The van der Waals surface area contributed by atoms with E-state index in [2.05, 4.69) is 4.90 Å². The minimum absolute atomic E-state index is 0.148. The minimum Gasteiger partial charge on any atom is -0.324 e. The minimum atomic E-state index is -0.205. The summed E-state index contributed by atoms with van der Waals surface area (Å²) < 4.78 is 13.1. The molecule has 0 aliphatic carbocycles. The van der Waals surface area contributed by atoms with Gasteiger partial charge in [-0.15, -0.1) is 0 Å². The van der Waals surface area contributed by atoms with Crippen LogP contribution in [-0.4, -0.2) is 24.0 Å².